The fourth-order valence-corrected chi connectivity index (χ4v) is 3.71. The highest BCUT2D eigenvalue weighted by atomic mass is 16.5. The first-order chi connectivity index (χ1) is 9.86. The zero-order valence-corrected chi connectivity index (χ0v) is 12.5. The summed E-state index contributed by atoms with van der Waals surface area (Å²) in [7, 11) is 1.76. The number of methoxy groups -OCH3 is 1. The second-order valence-corrected chi connectivity index (χ2v) is 6.11. The van der Waals surface area contributed by atoms with E-state index in [9.17, 15) is 0 Å². The highest BCUT2D eigenvalue weighted by Gasteiger charge is 2.30. The lowest BCUT2D eigenvalue weighted by Gasteiger charge is -2.41. The van der Waals surface area contributed by atoms with Gasteiger partial charge >= 0.3 is 0 Å². The van der Waals surface area contributed by atoms with Gasteiger partial charge in [-0.25, -0.2) is 0 Å². The Hall–Kier alpha value is -1.06. The van der Waals surface area contributed by atoms with Gasteiger partial charge in [0, 0.05) is 19.1 Å². The van der Waals surface area contributed by atoms with E-state index >= 15 is 0 Å². The number of rotatable bonds is 4. The van der Waals surface area contributed by atoms with Crippen LogP contribution in [0, 0.1) is 5.92 Å². The highest BCUT2D eigenvalue weighted by Crippen LogP contribution is 2.25. The van der Waals surface area contributed by atoms with Gasteiger partial charge in [0.2, 0.25) is 0 Å². The molecule has 0 amide bonds. The Balaban J connectivity index is 1.53. The van der Waals surface area contributed by atoms with Crippen LogP contribution in [0.2, 0.25) is 0 Å². The molecule has 110 valence electrons. The van der Waals surface area contributed by atoms with Crippen molar-refractivity contribution in [3.63, 3.8) is 0 Å². The molecule has 0 saturated carbocycles. The SMILES string of the molecule is COc1ccccc1CCN1CCC2NCCCC2C1. The molecule has 3 nitrogen and oxygen atoms in total. The minimum Gasteiger partial charge on any atom is -0.496 e. The lowest BCUT2D eigenvalue weighted by Crippen LogP contribution is -2.52. The average molecular weight is 274 g/mol. The van der Waals surface area contributed by atoms with Gasteiger partial charge in [-0.2, -0.15) is 0 Å². The summed E-state index contributed by atoms with van der Waals surface area (Å²) in [6.45, 7) is 4.89. The van der Waals surface area contributed by atoms with Gasteiger partial charge in [-0.3, -0.25) is 0 Å². The van der Waals surface area contributed by atoms with E-state index in [1.54, 1.807) is 7.11 Å². The Kier molecular flexibility index (Phi) is 4.58. The van der Waals surface area contributed by atoms with Crippen molar-refractivity contribution in [3.05, 3.63) is 29.8 Å². The van der Waals surface area contributed by atoms with Crippen molar-refractivity contribution in [1.29, 1.82) is 0 Å². The van der Waals surface area contributed by atoms with Gasteiger partial charge in [-0.15, -0.1) is 0 Å². The Morgan fingerprint density at radius 1 is 1.30 bits per heavy atom. The summed E-state index contributed by atoms with van der Waals surface area (Å²) in [6.07, 6.45) is 5.16. The molecule has 0 spiro atoms. The maximum absolute atomic E-state index is 5.44. The zero-order valence-electron chi connectivity index (χ0n) is 12.5. The number of hydrogen-bond donors (Lipinski definition) is 1. The maximum Gasteiger partial charge on any atom is 0.122 e. The Morgan fingerprint density at radius 2 is 2.20 bits per heavy atom. The van der Waals surface area contributed by atoms with E-state index in [-0.39, 0.29) is 0 Å². The molecular weight excluding hydrogens is 248 g/mol. The number of para-hydroxylation sites is 1. The summed E-state index contributed by atoms with van der Waals surface area (Å²) in [5, 5.41) is 3.69. The normalized spacial score (nSPS) is 27.1. The van der Waals surface area contributed by atoms with Crippen LogP contribution in [-0.2, 0) is 6.42 Å². The van der Waals surface area contributed by atoms with Crippen LogP contribution in [0.1, 0.15) is 24.8 Å². The second kappa shape index (κ2) is 6.59. The van der Waals surface area contributed by atoms with Gasteiger partial charge in [-0.1, -0.05) is 18.2 Å². The van der Waals surface area contributed by atoms with Crippen LogP contribution >= 0.6 is 0 Å². The van der Waals surface area contributed by atoms with Crippen molar-refractivity contribution < 1.29 is 4.74 Å². The Morgan fingerprint density at radius 3 is 3.10 bits per heavy atom. The van der Waals surface area contributed by atoms with E-state index in [4.69, 9.17) is 4.74 Å². The summed E-state index contributed by atoms with van der Waals surface area (Å²) in [5.41, 5.74) is 1.33. The van der Waals surface area contributed by atoms with E-state index in [2.05, 4.69) is 28.4 Å². The van der Waals surface area contributed by atoms with Gasteiger partial charge in [0.1, 0.15) is 5.75 Å². The molecule has 20 heavy (non-hydrogen) atoms. The van der Waals surface area contributed by atoms with E-state index in [1.165, 1.54) is 44.5 Å². The van der Waals surface area contributed by atoms with Crippen molar-refractivity contribution in [1.82, 2.24) is 10.2 Å². The molecule has 2 atom stereocenters. The first-order valence-electron chi connectivity index (χ1n) is 7.94. The molecular formula is C17H26N2O. The van der Waals surface area contributed by atoms with Gasteiger partial charge in [0.05, 0.1) is 7.11 Å². The predicted molar refractivity (Wildman–Crippen MR) is 82.3 cm³/mol. The molecule has 2 saturated heterocycles. The molecule has 0 bridgehead atoms. The Bertz CT molecular complexity index is 435. The van der Waals surface area contributed by atoms with Crippen LogP contribution in [0.25, 0.3) is 0 Å². The van der Waals surface area contributed by atoms with Crippen molar-refractivity contribution in [2.24, 2.45) is 5.92 Å². The Labute approximate surface area is 122 Å². The number of piperidine rings is 2. The standard InChI is InChI=1S/C17H26N2O/c1-20-17-7-3-2-5-14(17)8-11-19-12-9-16-15(13-19)6-4-10-18-16/h2-3,5,7,15-16,18H,4,6,8-13H2,1H3. The van der Waals surface area contributed by atoms with Crippen LogP contribution in [0.4, 0.5) is 0 Å². The molecule has 2 unspecified atom stereocenters. The fraction of sp³-hybridized carbons (Fsp3) is 0.647. The van der Waals surface area contributed by atoms with Crippen LogP contribution in [0.5, 0.6) is 5.75 Å². The third kappa shape index (κ3) is 3.15. The number of nitrogens with one attached hydrogen (secondary N) is 1. The van der Waals surface area contributed by atoms with Gasteiger partial charge in [0.15, 0.2) is 0 Å². The molecule has 0 aliphatic carbocycles. The monoisotopic (exact) mass is 274 g/mol. The minimum atomic E-state index is 0.784. The molecule has 1 aromatic carbocycles. The largest absolute Gasteiger partial charge is 0.496 e. The fourth-order valence-electron chi connectivity index (χ4n) is 3.71. The average Bonchev–Trinajstić information content (AvgIpc) is 2.53. The van der Waals surface area contributed by atoms with E-state index in [0.717, 1.165) is 30.7 Å². The molecule has 1 aromatic rings. The first kappa shape index (κ1) is 13.9. The highest BCUT2D eigenvalue weighted by molar-refractivity contribution is 5.33. The third-order valence-corrected chi connectivity index (χ3v) is 4.87. The van der Waals surface area contributed by atoms with Crippen molar-refractivity contribution in [3.8, 4) is 5.75 Å². The lowest BCUT2D eigenvalue weighted by molar-refractivity contribution is 0.115. The van der Waals surface area contributed by atoms with Crippen molar-refractivity contribution in [2.45, 2.75) is 31.7 Å². The first-order valence-corrected chi connectivity index (χ1v) is 7.94. The summed E-state index contributed by atoms with van der Waals surface area (Å²) in [5.74, 6) is 1.90. The smallest absolute Gasteiger partial charge is 0.122 e. The van der Waals surface area contributed by atoms with Crippen LogP contribution < -0.4 is 10.1 Å². The molecule has 2 fully saturated rings. The number of fused-ring (bicyclic) bond motifs is 1. The number of benzene rings is 1. The van der Waals surface area contributed by atoms with E-state index in [0.29, 0.717) is 0 Å². The van der Waals surface area contributed by atoms with Crippen molar-refractivity contribution in [2.75, 3.05) is 33.3 Å². The molecule has 2 aliphatic heterocycles. The zero-order chi connectivity index (χ0) is 13.8. The molecule has 3 heteroatoms. The number of hydrogen-bond acceptors (Lipinski definition) is 3. The van der Waals surface area contributed by atoms with E-state index < -0.39 is 0 Å². The van der Waals surface area contributed by atoms with Crippen LogP contribution in [0.3, 0.4) is 0 Å². The maximum atomic E-state index is 5.44. The minimum absolute atomic E-state index is 0.784. The van der Waals surface area contributed by atoms with E-state index in [1.807, 2.05) is 6.07 Å². The lowest BCUT2D eigenvalue weighted by atomic mass is 9.85. The second-order valence-electron chi connectivity index (χ2n) is 6.11. The quantitative estimate of drug-likeness (QED) is 0.912. The molecule has 3 rings (SSSR count). The van der Waals surface area contributed by atoms with Gasteiger partial charge in [0.25, 0.3) is 0 Å². The summed E-state index contributed by atoms with van der Waals surface area (Å²) < 4.78 is 5.44. The molecule has 0 radical (unpaired) electrons. The summed E-state index contributed by atoms with van der Waals surface area (Å²) in [4.78, 5) is 2.64. The third-order valence-electron chi connectivity index (χ3n) is 4.87. The number of ether oxygens (including phenoxy) is 1. The van der Waals surface area contributed by atoms with Gasteiger partial charge < -0.3 is 15.0 Å². The van der Waals surface area contributed by atoms with Gasteiger partial charge in [-0.05, 0) is 56.3 Å². The number of likely N-dealkylation sites (tertiary alicyclic amines) is 1. The van der Waals surface area contributed by atoms with Crippen LogP contribution in [0.15, 0.2) is 24.3 Å². The molecule has 0 aromatic heterocycles. The number of nitrogens with zero attached hydrogens (tertiary/aromatic N) is 1. The predicted octanol–water partition coefficient (Wildman–Crippen LogP) is 2.31. The van der Waals surface area contributed by atoms with Crippen LogP contribution in [-0.4, -0.2) is 44.2 Å². The molecule has 2 heterocycles. The summed E-state index contributed by atoms with van der Waals surface area (Å²) >= 11 is 0. The molecule has 2 aliphatic rings. The van der Waals surface area contributed by atoms with Crippen molar-refractivity contribution >= 4 is 0 Å². The molecule has 1 N–H and O–H groups in total. The summed E-state index contributed by atoms with van der Waals surface area (Å²) in [6, 6.07) is 9.18. The topological polar surface area (TPSA) is 24.5 Å².